The van der Waals surface area contributed by atoms with Crippen LogP contribution in [0.2, 0.25) is 0 Å². The van der Waals surface area contributed by atoms with Gasteiger partial charge in [-0.25, -0.2) is 4.98 Å². The third-order valence-corrected chi connectivity index (χ3v) is 4.53. The van der Waals surface area contributed by atoms with Crippen LogP contribution in [0, 0.1) is 0 Å². The van der Waals surface area contributed by atoms with E-state index in [9.17, 15) is 4.79 Å². The number of methoxy groups -OCH3 is 2. The Hall–Kier alpha value is -3.02. The van der Waals surface area contributed by atoms with E-state index in [-0.39, 0.29) is 11.8 Å². The average Bonchev–Trinajstić information content (AvgIpc) is 3.05. The van der Waals surface area contributed by atoms with E-state index in [2.05, 4.69) is 13.8 Å². The molecule has 0 fully saturated rings. The Kier molecular flexibility index (Phi) is 5.35. The maximum absolute atomic E-state index is 12.6. The van der Waals surface area contributed by atoms with Gasteiger partial charge in [0.2, 0.25) is 5.91 Å². The molecule has 0 aliphatic carbocycles. The number of fused-ring (bicyclic) bond motifs is 1. The zero-order valence-electron chi connectivity index (χ0n) is 16.4. The molecule has 0 unspecified atom stereocenters. The summed E-state index contributed by atoms with van der Waals surface area (Å²) in [5.74, 6) is 2.17. The highest BCUT2D eigenvalue weighted by atomic mass is 16.5. The van der Waals surface area contributed by atoms with Crippen molar-refractivity contribution in [3.63, 3.8) is 0 Å². The number of ether oxygens (including phenoxy) is 2. The molecule has 1 aromatic carbocycles. The minimum atomic E-state index is -0.0626. The van der Waals surface area contributed by atoms with Gasteiger partial charge in [-0.05, 0) is 24.1 Å². The van der Waals surface area contributed by atoms with Gasteiger partial charge in [-0.1, -0.05) is 32.0 Å². The van der Waals surface area contributed by atoms with Crippen molar-refractivity contribution in [2.45, 2.75) is 33.2 Å². The normalized spacial score (nSPS) is 11.0. The minimum Gasteiger partial charge on any atom is -0.493 e. The maximum atomic E-state index is 12.6. The number of hydrogen-bond acceptors (Lipinski definition) is 4. The molecule has 2 aromatic heterocycles. The number of amides is 1. The smallest absolute Gasteiger partial charge is 0.225 e. The van der Waals surface area contributed by atoms with Crippen LogP contribution in [0.15, 0.2) is 42.6 Å². The largest absolute Gasteiger partial charge is 0.493 e. The quantitative estimate of drug-likeness (QED) is 0.660. The van der Waals surface area contributed by atoms with Crippen LogP contribution >= 0.6 is 0 Å². The number of aromatic nitrogens is 2. The van der Waals surface area contributed by atoms with Crippen LogP contribution in [0.5, 0.6) is 11.5 Å². The Morgan fingerprint density at radius 1 is 1.15 bits per heavy atom. The number of imidazole rings is 1. The second-order valence-electron chi connectivity index (χ2n) is 6.66. The lowest BCUT2D eigenvalue weighted by atomic mass is 10.1. The number of carbonyl (C=O) groups is 1. The van der Waals surface area contributed by atoms with E-state index in [1.54, 1.807) is 26.0 Å². The van der Waals surface area contributed by atoms with E-state index in [0.29, 0.717) is 18.0 Å². The summed E-state index contributed by atoms with van der Waals surface area (Å²) in [6, 6.07) is 11.5. The fraction of sp³-hybridized carbons (Fsp3) is 0.333. The van der Waals surface area contributed by atoms with E-state index in [1.807, 2.05) is 47.0 Å². The van der Waals surface area contributed by atoms with Crippen molar-refractivity contribution in [3.8, 4) is 11.5 Å². The summed E-state index contributed by atoms with van der Waals surface area (Å²) < 4.78 is 12.9. The van der Waals surface area contributed by atoms with E-state index in [1.165, 1.54) is 0 Å². The molecule has 0 saturated carbocycles. The molecular weight excluding hydrogens is 342 g/mol. The lowest BCUT2D eigenvalue weighted by molar-refractivity contribution is -0.116. The summed E-state index contributed by atoms with van der Waals surface area (Å²) in [4.78, 5) is 19.1. The second-order valence-corrected chi connectivity index (χ2v) is 6.66. The molecule has 0 spiro atoms. The SMILES string of the molecule is COc1cccc(CN(C(C)=O)c2c(C(C)C)nc3ccccn23)c1OC. The van der Waals surface area contributed by atoms with Crippen LogP contribution in [0.4, 0.5) is 5.82 Å². The Labute approximate surface area is 159 Å². The van der Waals surface area contributed by atoms with Crippen molar-refractivity contribution in [2.75, 3.05) is 19.1 Å². The third-order valence-electron chi connectivity index (χ3n) is 4.53. The molecule has 2 heterocycles. The third kappa shape index (κ3) is 3.47. The Morgan fingerprint density at radius 2 is 1.93 bits per heavy atom. The molecule has 3 aromatic rings. The number of para-hydroxylation sites is 1. The average molecular weight is 367 g/mol. The van der Waals surface area contributed by atoms with Crippen LogP contribution in [0.25, 0.3) is 5.65 Å². The fourth-order valence-corrected chi connectivity index (χ4v) is 3.24. The van der Waals surface area contributed by atoms with Crippen LogP contribution < -0.4 is 14.4 Å². The number of anilines is 1. The van der Waals surface area contributed by atoms with Gasteiger partial charge in [0.05, 0.1) is 26.5 Å². The van der Waals surface area contributed by atoms with Crippen molar-refractivity contribution in [1.29, 1.82) is 0 Å². The Bertz CT molecular complexity index is 962. The highest BCUT2D eigenvalue weighted by molar-refractivity contribution is 5.92. The van der Waals surface area contributed by atoms with Crippen molar-refractivity contribution < 1.29 is 14.3 Å². The van der Waals surface area contributed by atoms with Crippen molar-refractivity contribution in [2.24, 2.45) is 0 Å². The fourth-order valence-electron chi connectivity index (χ4n) is 3.24. The molecule has 0 aliphatic heterocycles. The molecule has 27 heavy (non-hydrogen) atoms. The van der Waals surface area contributed by atoms with Crippen LogP contribution in [0.3, 0.4) is 0 Å². The summed E-state index contributed by atoms with van der Waals surface area (Å²) in [5.41, 5.74) is 2.57. The van der Waals surface area contributed by atoms with Crippen molar-refractivity contribution >= 4 is 17.4 Å². The molecule has 1 amide bonds. The first-order chi connectivity index (χ1) is 13.0. The Morgan fingerprint density at radius 3 is 2.56 bits per heavy atom. The molecule has 0 N–H and O–H groups in total. The molecular formula is C21H25N3O3. The number of hydrogen-bond donors (Lipinski definition) is 0. The number of pyridine rings is 1. The standard InChI is InChI=1S/C21H25N3O3/c1-14(2)19-21(23-12-7-6-11-18(23)22-19)24(15(3)25)13-16-9-8-10-17(26-4)20(16)27-5/h6-12,14H,13H2,1-5H3. The van der Waals surface area contributed by atoms with Gasteiger partial charge in [0, 0.05) is 18.7 Å². The zero-order valence-corrected chi connectivity index (χ0v) is 16.4. The first kappa shape index (κ1) is 18.8. The predicted octanol–water partition coefficient (Wildman–Crippen LogP) is 4.03. The first-order valence-corrected chi connectivity index (χ1v) is 8.92. The molecule has 142 valence electrons. The maximum Gasteiger partial charge on any atom is 0.225 e. The molecule has 0 radical (unpaired) electrons. The topological polar surface area (TPSA) is 56.1 Å². The van der Waals surface area contributed by atoms with Crippen molar-refractivity contribution in [1.82, 2.24) is 9.38 Å². The van der Waals surface area contributed by atoms with E-state index < -0.39 is 0 Å². The van der Waals surface area contributed by atoms with Gasteiger partial charge in [-0.3, -0.25) is 14.1 Å². The van der Waals surface area contributed by atoms with Gasteiger partial charge in [0.15, 0.2) is 11.5 Å². The van der Waals surface area contributed by atoms with E-state index in [4.69, 9.17) is 14.5 Å². The monoisotopic (exact) mass is 367 g/mol. The molecule has 0 aliphatic rings. The Balaban J connectivity index is 2.15. The van der Waals surface area contributed by atoms with Crippen LogP contribution in [-0.2, 0) is 11.3 Å². The van der Waals surface area contributed by atoms with Gasteiger partial charge >= 0.3 is 0 Å². The molecule has 0 bridgehead atoms. The van der Waals surface area contributed by atoms with Gasteiger partial charge in [-0.15, -0.1) is 0 Å². The second kappa shape index (κ2) is 7.70. The summed E-state index contributed by atoms with van der Waals surface area (Å²) in [6.07, 6.45) is 1.93. The van der Waals surface area contributed by atoms with Crippen LogP contribution in [-0.4, -0.2) is 29.5 Å². The summed E-state index contributed by atoms with van der Waals surface area (Å²) in [5, 5.41) is 0. The number of benzene rings is 1. The highest BCUT2D eigenvalue weighted by Gasteiger charge is 2.25. The molecule has 3 rings (SSSR count). The lowest BCUT2D eigenvalue weighted by Crippen LogP contribution is -2.30. The van der Waals surface area contributed by atoms with Gasteiger partial charge in [0.1, 0.15) is 11.5 Å². The molecule has 0 atom stereocenters. The number of rotatable bonds is 6. The summed E-state index contributed by atoms with van der Waals surface area (Å²) in [6.45, 7) is 6.09. The summed E-state index contributed by atoms with van der Waals surface area (Å²) >= 11 is 0. The molecule has 6 heteroatoms. The van der Waals surface area contributed by atoms with Gasteiger partial charge in [-0.2, -0.15) is 0 Å². The zero-order chi connectivity index (χ0) is 19.6. The number of nitrogens with zero attached hydrogens (tertiary/aromatic N) is 3. The lowest BCUT2D eigenvalue weighted by Gasteiger charge is -2.24. The van der Waals surface area contributed by atoms with E-state index >= 15 is 0 Å². The summed E-state index contributed by atoms with van der Waals surface area (Å²) in [7, 11) is 3.21. The van der Waals surface area contributed by atoms with Gasteiger partial charge in [0.25, 0.3) is 0 Å². The molecule has 0 saturated heterocycles. The van der Waals surface area contributed by atoms with Crippen molar-refractivity contribution in [3.05, 3.63) is 53.9 Å². The highest BCUT2D eigenvalue weighted by Crippen LogP contribution is 2.34. The minimum absolute atomic E-state index is 0.0626. The number of carbonyl (C=O) groups excluding carboxylic acids is 1. The molecule has 6 nitrogen and oxygen atoms in total. The van der Waals surface area contributed by atoms with Crippen LogP contribution in [0.1, 0.15) is 37.9 Å². The van der Waals surface area contributed by atoms with E-state index in [0.717, 1.165) is 22.7 Å². The first-order valence-electron chi connectivity index (χ1n) is 8.92. The van der Waals surface area contributed by atoms with Gasteiger partial charge < -0.3 is 9.47 Å². The predicted molar refractivity (Wildman–Crippen MR) is 106 cm³/mol.